The highest BCUT2D eigenvalue weighted by Gasteiger charge is 2.39. The maximum absolute atomic E-state index is 2.43. The summed E-state index contributed by atoms with van der Waals surface area (Å²) >= 11 is 15.3. The van der Waals surface area contributed by atoms with Crippen molar-refractivity contribution >= 4 is 101 Å². The fourth-order valence-electron chi connectivity index (χ4n) is 4.89. The van der Waals surface area contributed by atoms with Crippen LogP contribution in [0.25, 0.3) is 39.0 Å². The van der Waals surface area contributed by atoms with E-state index in [2.05, 4.69) is 120 Å². The lowest BCUT2D eigenvalue weighted by Gasteiger charge is -2.36. The van der Waals surface area contributed by atoms with Crippen molar-refractivity contribution in [2.75, 3.05) is 0 Å². The summed E-state index contributed by atoms with van der Waals surface area (Å²) in [4.78, 5) is 12.2. The Morgan fingerprint density at radius 3 is 1.00 bits per heavy atom. The van der Waals surface area contributed by atoms with E-state index in [0.717, 1.165) is 0 Å². The highest BCUT2D eigenvalue weighted by Crippen LogP contribution is 2.79. The zero-order valence-electron chi connectivity index (χ0n) is 22.1. The zero-order valence-corrected chi connectivity index (χ0v) is 29.5. The van der Waals surface area contributed by atoms with Crippen molar-refractivity contribution < 1.29 is 0 Å². The van der Waals surface area contributed by atoms with Gasteiger partial charge in [-0.05, 0) is 102 Å². The van der Waals surface area contributed by atoms with Crippen molar-refractivity contribution in [1.29, 1.82) is 0 Å². The second kappa shape index (κ2) is 11.5. The van der Waals surface area contributed by atoms with Crippen LogP contribution in [0.15, 0.2) is 130 Å². The molecule has 8 aromatic heterocycles. The Morgan fingerprint density at radius 1 is 0.357 bits per heavy atom. The van der Waals surface area contributed by atoms with Gasteiger partial charge in [-0.15, -0.1) is 90.7 Å². The third kappa shape index (κ3) is 4.80. The maximum Gasteiger partial charge on any atom is 0.0578 e. The Morgan fingerprint density at radius 2 is 0.690 bits per heavy atom. The van der Waals surface area contributed by atoms with E-state index in [0.29, 0.717) is 0 Å². The molecule has 42 heavy (non-hydrogen) atoms. The minimum atomic E-state index is -1.71. The zero-order chi connectivity index (χ0) is 28.1. The molecular formula is C33H22S9. The number of rotatable bonds is 8. The molecule has 0 amide bonds. The molecule has 0 nitrogen and oxygen atoms in total. The van der Waals surface area contributed by atoms with Gasteiger partial charge in [0, 0.05) is 43.9 Å². The molecule has 0 radical (unpaired) electrons. The summed E-state index contributed by atoms with van der Waals surface area (Å²) in [6.07, 6.45) is 0. The largest absolute Gasteiger partial charge is 0.143 e. The molecule has 8 aromatic rings. The molecule has 0 aliphatic carbocycles. The number of hydrogen-bond acceptors (Lipinski definition) is 8. The molecular weight excluding hydrogens is 685 g/mol. The predicted octanol–water partition coefficient (Wildman–Crippen LogP) is 14.5. The summed E-state index contributed by atoms with van der Waals surface area (Å²) < 4.78 is 5.84. The van der Waals surface area contributed by atoms with Crippen LogP contribution >= 0.6 is 101 Å². The third-order valence-electron chi connectivity index (χ3n) is 6.81. The van der Waals surface area contributed by atoms with E-state index in [9.17, 15) is 0 Å². The minimum absolute atomic E-state index is 1.34. The Labute approximate surface area is 278 Å². The molecule has 8 heterocycles. The average Bonchev–Trinajstić information content (AvgIpc) is 3.85. The minimum Gasteiger partial charge on any atom is -0.143 e. The van der Waals surface area contributed by atoms with Crippen LogP contribution in [0.4, 0.5) is 0 Å². The lowest BCUT2D eigenvalue weighted by Crippen LogP contribution is -1.97. The van der Waals surface area contributed by atoms with Crippen LogP contribution in [0.5, 0.6) is 0 Å². The van der Waals surface area contributed by atoms with Gasteiger partial charge in [0.1, 0.15) is 0 Å². The number of thiophene rings is 8. The first kappa shape index (κ1) is 27.5. The first-order valence-corrected chi connectivity index (χ1v) is 21.5. The van der Waals surface area contributed by atoms with Gasteiger partial charge in [0.05, 0.1) is 16.8 Å². The molecule has 0 bridgehead atoms. The van der Waals surface area contributed by atoms with E-state index in [1.165, 1.54) is 60.7 Å². The van der Waals surface area contributed by atoms with E-state index in [1.54, 1.807) is 0 Å². The molecule has 208 valence electrons. The van der Waals surface area contributed by atoms with Gasteiger partial charge in [0.25, 0.3) is 0 Å². The molecule has 0 unspecified atom stereocenters. The van der Waals surface area contributed by atoms with Gasteiger partial charge in [-0.3, -0.25) is 0 Å². The molecule has 0 fully saturated rings. The second-order valence-corrected chi connectivity index (χ2v) is 21.9. The van der Waals surface area contributed by atoms with Crippen molar-refractivity contribution in [3.8, 4) is 39.0 Å². The summed E-state index contributed by atoms with van der Waals surface area (Å²) in [6, 6.07) is 36.9. The standard InChI is InChI=1S/C33H22S9/c1-21-8-9-28(37-21)29-13-17-33(41-29)42(30-14-10-25(38-30)22-5-2-18-34-22,31-15-11-26(39-31)23-6-3-19-35-23)32-16-12-27(40-32)24-7-4-20-36-24/h2-20H,1H3. The van der Waals surface area contributed by atoms with Crippen molar-refractivity contribution in [3.63, 3.8) is 0 Å². The molecule has 0 aliphatic heterocycles. The van der Waals surface area contributed by atoms with Gasteiger partial charge in [0.2, 0.25) is 0 Å². The van der Waals surface area contributed by atoms with Crippen LogP contribution in [0.3, 0.4) is 0 Å². The lowest BCUT2D eigenvalue weighted by atomic mass is 10.4. The van der Waals surface area contributed by atoms with Crippen LogP contribution in [0.2, 0.25) is 0 Å². The summed E-state index contributed by atoms with van der Waals surface area (Å²) in [5.41, 5.74) is 0. The monoisotopic (exact) mass is 706 g/mol. The molecule has 9 heteroatoms. The van der Waals surface area contributed by atoms with E-state index >= 15 is 0 Å². The summed E-state index contributed by atoms with van der Waals surface area (Å²) in [5.74, 6) is 0. The normalized spacial score (nSPS) is 12.3. The first-order chi connectivity index (χ1) is 20.7. The van der Waals surface area contributed by atoms with Crippen molar-refractivity contribution in [3.05, 3.63) is 118 Å². The molecule has 0 N–H and O–H groups in total. The van der Waals surface area contributed by atoms with Gasteiger partial charge in [-0.1, -0.05) is 28.2 Å². The summed E-state index contributed by atoms with van der Waals surface area (Å²) in [6.45, 7) is 2.20. The van der Waals surface area contributed by atoms with Gasteiger partial charge < -0.3 is 0 Å². The maximum atomic E-state index is 2.43. The Hall–Kier alpha value is -2.05. The molecule has 0 saturated heterocycles. The first-order valence-electron chi connectivity index (χ1n) is 13.1. The number of aryl methyl sites for hydroxylation is 1. The van der Waals surface area contributed by atoms with Gasteiger partial charge in [-0.25, -0.2) is 0 Å². The Balaban J connectivity index is 1.40. The van der Waals surface area contributed by atoms with Crippen LogP contribution in [-0.2, 0) is 0 Å². The second-order valence-electron chi connectivity index (χ2n) is 9.43. The predicted molar refractivity (Wildman–Crippen MR) is 196 cm³/mol. The van der Waals surface area contributed by atoms with Crippen molar-refractivity contribution in [1.82, 2.24) is 0 Å². The fraction of sp³-hybridized carbons (Fsp3) is 0.0303. The third-order valence-corrected chi connectivity index (χ3v) is 21.7. The molecule has 0 atom stereocenters. The SMILES string of the molecule is Cc1ccc(-c2ccc(S(c3ccc(-c4cccs4)s3)(c3ccc(-c4cccs4)s3)c3ccc(-c4cccs4)s3)s2)s1. The van der Waals surface area contributed by atoms with Crippen molar-refractivity contribution in [2.24, 2.45) is 0 Å². The lowest BCUT2D eigenvalue weighted by molar-refractivity contribution is 1.46. The van der Waals surface area contributed by atoms with Crippen LogP contribution in [0, 0.1) is 6.92 Å². The number of hydrogen-bond donors (Lipinski definition) is 0. The highest BCUT2D eigenvalue weighted by atomic mass is 32.3. The average molecular weight is 707 g/mol. The van der Waals surface area contributed by atoms with E-state index in [-0.39, 0.29) is 0 Å². The van der Waals surface area contributed by atoms with Crippen LogP contribution in [-0.4, -0.2) is 0 Å². The smallest absolute Gasteiger partial charge is 0.0578 e. The Bertz CT molecular complexity index is 1880. The molecule has 0 saturated carbocycles. The van der Waals surface area contributed by atoms with Gasteiger partial charge in [0.15, 0.2) is 0 Å². The molecule has 8 rings (SSSR count). The molecule has 0 aromatic carbocycles. The van der Waals surface area contributed by atoms with E-state index in [4.69, 9.17) is 0 Å². The van der Waals surface area contributed by atoms with E-state index in [1.807, 2.05) is 90.7 Å². The van der Waals surface area contributed by atoms with Crippen molar-refractivity contribution in [2.45, 2.75) is 23.8 Å². The quantitative estimate of drug-likeness (QED) is 0.148. The van der Waals surface area contributed by atoms with E-state index < -0.39 is 10.0 Å². The molecule has 0 aliphatic rings. The Kier molecular flexibility index (Phi) is 7.51. The topological polar surface area (TPSA) is 0 Å². The van der Waals surface area contributed by atoms with Crippen LogP contribution in [0.1, 0.15) is 4.88 Å². The summed E-state index contributed by atoms with van der Waals surface area (Å²) in [7, 11) is -1.71. The fourth-order valence-corrected chi connectivity index (χ4v) is 20.8. The summed E-state index contributed by atoms with van der Waals surface area (Å²) in [5, 5.41) is 6.55. The highest BCUT2D eigenvalue weighted by molar-refractivity contribution is 8.38. The van der Waals surface area contributed by atoms with Gasteiger partial charge >= 0.3 is 0 Å². The van der Waals surface area contributed by atoms with Crippen LogP contribution < -0.4 is 0 Å². The molecule has 0 spiro atoms. The van der Waals surface area contributed by atoms with Gasteiger partial charge in [-0.2, -0.15) is 0 Å².